The molecule has 0 nitrogen and oxygen atoms in total. The minimum atomic E-state index is 1.04. The van der Waals surface area contributed by atoms with Crippen LogP contribution in [0.4, 0.5) is 0 Å². The Morgan fingerprint density at radius 3 is 2.67 bits per heavy atom. The third kappa shape index (κ3) is 1.83. The lowest BCUT2D eigenvalue weighted by Gasteiger charge is -2.13. The molecule has 0 aliphatic heterocycles. The van der Waals surface area contributed by atoms with E-state index in [1.807, 2.05) is 0 Å². The third-order valence-electron chi connectivity index (χ3n) is 3.59. The van der Waals surface area contributed by atoms with Gasteiger partial charge in [-0.2, -0.15) is 0 Å². The lowest BCUT2D eigenvalue weighted by atomic mass is 9.92. The number of rotatable bonds is 1. The van der Waals surface area contributed by atoms with Gasteiger partial charge in [0.2, 0.25) is 0 Å². The minimum Gasteiger partial charge on any atom is -0.0794 e. The summed E-state index contributed by atoms with van der Waals surface area (Å²) in [6, 6.07) is 11.1. The molecule has 0 saturated carbocycles. The molecule has 0 spiro atoms. The van der Waals surface area contributed by atoms with Crippen LogP contribution in [0.25, 0.3) is 17.2 Å². The van der Waals surface area contributed by atoms with E-state index in [1.165, 1.54) is 37.9 Å². The van der Waals surface area contributed by atoms with E-state index in [4.69, 9.17) is 0 Å². The van der Waals surface area contributed by atoms with Crippen LogP contribution < -0.4 is 0 Å². The second-order valence-corrected chi connectivity index (χ2v) is 5.77. The molecular weight excluding hydrogens is 284 g/mol. The van der Waals surface area contributed by atoms with E-state index in [2.05, 4.69) is 72.3 Å². The maximum absolute atomic E-state index is 3.64. The summed E-state index contributed by atoms with van der Waals surface area (Å²) in [7, 11) is 0. The predicted molar refractivity (Wildman–Crippen MR) is 81.8 cm³/mol. The average molecular weight is 299 g/mol. The smallest absolute Gasteiger partial charge is 0.0250 e. The van der Waals surface area contributed by atoms with Crippen LogP contribution in [0.5, 0.6) is 0 Å². The fraction of sp³-hybridized carbons (Fsp3) is 0.176. The highest BCUT2D eigenvalue weighted by Gasteiger charge is 2.15. The Hall–Kier alpha value is -1.34. The molecule has 1 heteroatoms. The van der Waals surface area contributed by atoms with Crippen molar-refractivity contribution in [2.45, 2.75) is 20.3 Å². The van der Waals surface area contributed by atoms with E-state index in [0.717, 1.165) is 6.42 Å². The van der Waals surface area contributed by atoms with Crippen LogP contribution >= 0.6 is 15.9 Å². The van der Waals surface area contributed by atoms with Gasteiger partial charge in [0.05, 0.1) is 0 Å². The van der Waals surface area contributed by atoms with Gasteiger partial charge in [-0.05, 0) is 54.2 Å². The first kappa shape index (κ1) is 11.7. The normalized spacial score (nSPS) is 12.8. The number of allylic oxidation sites excluding steroid dienone is 1. The van der Waals surface area contributed by atoms with Gasteiger partial charge in [0.1, 0.15) is 0 Å². The molecule has 1 aliphatic rings. The zero-order valence-electron chi connectivity index (χ0n) is 10.6. The second kappa shape index (κ2) is 4.40. The largest absolute Gasteiger partial charge is 0.0794 e. The van der Waals surface area contributed by atoms with Crippen molar-refractivity contribution in [3.8, 4) is 11.1 Å². The Morgan fingerprint density at radius 1 is 1.00 bits per heavy atom. The van der Waals surface area contributed by atoms with Crippen molar-refractivity contribution in [3.05, 3.63) is 63.1 Å². The Bertz CT molecular complexity index is 651. The topological polar surface area (TPSA) is 0 Å². The van der Waals surface area contributed by atoms with Gasteiger partial charge >= 0.3 is 0 Å². The van der Waals surface area contributed by atoms with Gasteiger partial charge in [-0.15, -0.1) is 0 Å². The number of fused-ring (bicyclic) bond motifs is 1. The molecule has 18 heavy (non-hydrogen) atoms. The van der Waals surface area contributed by atoms with Crippen molar-refractivity contribution in [1.82, 2.24) is 0 Å². The Labute approximate surface area is 116 Å². The van der Waals surface area contributed by atoms with Gasteiger partial charge in [0, 0.05) is 4.47 Å². The number of hydrogen-bond acceptors (Lipinski definition) is 0. The molecule has 0 atom stereocenters. The summed E-state index contributed by atoms with van der Waals surface area (Å²) in [5, 5.41) is 0. The first-order valence-corrected chi connectivity index (χ1v) is 7.01. The highest BCUT2D eigenvalue weighted by atomic mass is 79.9. The number of aryl methyl sites for hydroxylation is 2. The Balaban J connectivity index is 2.25. The van der Waals surface area contributed by atoms with E-state index in [1.54, 1.807) is 0 Å². The van der Waals surface area contributed by atoms with Gasteiger partial charge in [-0.1, -0.05) is 57.9 Å². The van der Waals surface area contributed by atoms with Gasteiger partial charge in [0.15, 0.2) is 0 Å². The zero-order chi connectivity index (χ0) is 12.7. The van der Waals surface area contributed by atoms with E-state index >= 15 is 0 Å². The molecule has 0 bridgehead atoms. The van der Waals surface area contributed by atoms with Gasteiger partial charge in [-0.3, -0.25) is 0 Å². The van der Waals surface area contributed by atoms with Gasteiger partial charge < -0.3 is 0 Å². The summed E-state index contributed by atoms with van der Waals surface area (Å²) in [6.45, 7) is 4.34. The molecule has 0 fully saturated rings. The summed E-state index contributed by atoms with van der Waals surface area (Å²) in [5.74, 6) is 0. The summed E-state index contributed by atoms with van der Waals surface area (Å²) in [5.41, 5.74) is 8.18. The molecule has 0 N–H and O–H groups in total. The lowest BCUT2D eigenvalue weighted by molar-refractivity contribution is 1.29. The summed E-state index contributed by atoms with van der Waals surface area (Å²) in [4.78, 5) is 0. The van der Waals surface area contributed by atoms with E-state index < -0.39 is 0 Å². The first-order chi connectivity index (χ1) is 8.66. The van der Waals surface area contributed by atoms with Crippen molar-refractivity contribution in [2.75, 3.05) is 0 Å². The molecule has 1 aliphatic carbocycles. The SMILES string of the molecule is Cc1ccc(C)c(-c2ccc(Br)c3c2CC=C3)c1. The second-order valence-electron chi connectivity index (χ2n) is 4.91. The Kier molecular flexibility index (Phi) is 2.87. The van der Waals surface area contributed by atoms with E-state index in [9.17, 15) is 0 Å². The molecule has 2 aromatic carbocycles. The van der Waals surface area contributed by atoms with Crippen LogP contribution in [-0.4, -0.2) is 0 Å². The zero-order valence-corrected chi connectivity index (χ0v) is 12.2. The fourth-order valence-electron chi connectivity index (χ4n) is 2.61. The molecule has 2 aromatic rings. The van der Waals surface area contributed by atoms with Crippen molar-refractivity contribution in [1.29, 1.82) is 0 Å². The van der Waals surface area contributed by atoms with Crippen LogP contribution in [0.15, 0.2) is 40.9 Å². The quantitative estimate of drug-likeness (QED) is 0.670. The minimum absolute atomic E-state index is 1.04. The first-order valence-electron chi connectivity index (χ1n) is 6.22. The molecule has 3 rings (SSSR count). The number of benzene rings is 2. The molecule has 0 aromatic heterocycles. The van der Waals surface area contributed by atoms with Crippen molar-refractivity contribution in [3.63, 3.8) is 0 Å². The monoisotopic (exact) mass is 298 g/mol. The number of hydrogen-bond donors (Lipinski definition) is 0. The molecule has 0 heterocycles. The molecule has 0 amide bonds. The van der Waals surface area contributed by atoms with E-state index in [0.29, 0.717) is 0 Å². The molecule has 0 radical (unpaired) electrons. The standard InChI is InChI=1S/C17H15Br/c1-11-6-7-12(2)16(10-11)14-8-9-17(18)15-5-3-4-13(14)15/h3,5-10H,4H2,1-2H3. The van der Waals surface area contributed by atoms with Crippen LogP contribution in [0, 0.1) is 13.8 Å². The van der Waals surface area contributed by atoms with Gasteiger partial charge in [0.25, 0.3) is 0 Å². The summed E-state index contributed by atoms with van der Waals surface area (Å²) < 4.78 is 1.19. The highest BCUT2D eigenvalue weighted by molar-refractivity contribution is 9.10. The molecule has 0 unspecified atom stereocenters. The van der Waals surface area contributed by atoms with Gasteiger partial charge in [-0.25, -0.2) is 0 Å². The van der Waals surface area contributed by atoms with Crippen molar-refractivity contribution in [2.24, 2.45) is 0 Å². The third-order valence-corrected chi connectivity index (χ3v) is 4.29. The lowest BCUT2D eigenvalue weighted by Crippen LogP contribution is -1.92. The van der Waals surface area contributed by atoms with E-state index in [-0.39, 0.29) is 0 Å². The molecule has 0 saturated heterocycles. The summed E-state index contributed by atoms with van der Waals surface area (Å²) >= 11 is 3.64. The van der Waals surface area contributed by atoms with Crippen LogP contribution in [0.3, 0.4) is 0 Å². The number of halogens is 1. The van der Waals surface area contributed by atoms with Crippen molar-refractivity contribution >= 4 is 22.0 Å². The molecular formula is C17H15Br. The van der Waals surface area contributed by atoms with Crippen LogP contribution in [0.2, 0.25) is 0 Å². The summed E-state index contributed by atoms with van der Waals surface area (Å²) in [6.07, 6.45) is 5.50. The van der Waals surface area contributed by atoms with Crippen molar-refractivity contribution < 1.29 is 0 Å². The molecule has 90 valence electrons. The highest BCUT2D eigenvalue weighted by Crippen LogP contribution is 2.37. The predicted octanol–water partition coefficient (Wildman–Crippen LogP) is 5.30. The fourth-order valence-corrected chi connectivity index (χ4v) is 3.11. The van der Waals surface area contributed by atoms with Crippen LogP contribution in [0.1, 0.15) is 22.3 Å². The van der Waals surface area contributed by atoms with Crippen LogP contribution in [-0.2, 0) is 6.42 Å². The average Bonchev–Trinajstić information content (AvgIpc) is 2.83. The maximum atomic E-state index is 3.64. The maximum Gasteiger partial charge on any atom is 0.0250 e. The Morgan fingerprint density at radius 2 is 1.83 bits per heavy atom.